The van der Waals surface area contributed by atoms with E-state index in [0.29, 0.717) is 5.06 Å². The van der Waals surface area contributed by atoms with Crippen LogP contribution in [0.4, 0.5) is 0 Å². The summed E-state index contributed by atoms with van der Waals surface area (Å²) < 4.78 is 2.08. The molecule has 1 aliphatic heterocycles. The smallest absolute Gasteiger partial charge is 0.338 e. The Balaban J connectivity index is 0.000000188. The van der Waals surface area contributed by atoms with E-state index in [4.69, 9.17) is 22.2 Å². The van der Waals surface area contributed by atoms with Crippen LogP contribution in [-0.4, -0.2) is 38.5 Å². The molecule has 0 saturated heterocycles. The van der Waals surface area contributed by atoms with Crippen LogP contribution in [0.25, 0.3) is 10.2 Å². The fourth-order valence-electron chi connectivity index (χ4n) is 2.41. The molecule has 0 bridgehead atoms. The Kier molecular flexibility index (Phi) is 5.41. The highest BCUT2D eigenvalue weighted by molar-refractivity contribution is 7.73. The van der Waals surface area contributed by atoms with Gasteiger partial charge < -0.3 is 10.1 Å². The molecule has 0 spiro atoms. The molecule has 28 heavy (non-hydrogen) atoms. The van der Waals surface area contributed by atoms with Crippen molar-refractivity contribution in [1.29, 1.82) is 0 Å². The van der Waals surface area contributed by atoms with Crippen LogP contribution in [0.3, 0.4) is 0 Å². The van der Waals surface area contributed by atoms with Crippen molar-refractivity contribution < 1.29 is 24.3 Å². The maximum atomic E-state index is 11.9. The molecule has 1 aromatic heterocycles. The van der Waals surface area contributed by atoms with Crippen molar-refractivity contribution in [3.05, 3.63) is 63.6 Å². The summed E-state index contributed by atoms with van der Waals surface area (Å²) in [5.74, 6) is -2.56. The Labute approximate surface area is 169 Å². The summed E-state index contributed by atoms with van der Waals surface area (Å²) in [4.78, 5) is 42.8. The Bertz CT molecular complexity index is 1060. The van der Waals surface area contributed by atoms with E-state index in [-0.39, 0.29) is 11.1 Å². The molecule has 7 nitrogen and oxygen atoms in total. The summed E-state index contributed by atoms with van der Waals surface area (Å²) in [5, 5.41) is 9.42. The van der Waals surface area contributed by atoms with Crippen molar-refractivity contribution in [3.8, 4) is 0 Å². The molecule has 0 fully saturated rings. The van der Waals surface area contributed by atoms with E-state index in [1.165, 1.54) is 30.7 Å². The molecule has 2 heterocycles. The van der Waals surface area contributed by atoms with E-state index in [1.54, 1.807) is 23.5 Å². The summed E-state index contributed by atoms with van der Waals surface area (Å²) in [6, 6.07) is 14.3. The summed E-state index contributed by atoms with van der Waals surface area (Å²) in [5.41, 5.74) is -0.0993. The van der Waals surface area contributed by atoms with Gasteiger partial charge in [-0.05, 0) is 50.3 Å². The first kappa shape index (κ1) is 19.9. The maximum Gasteiger partial charge on any atom is 0.338 e. The monoisotopic (exact) mass is 416 g/mol. The number of carboxylic acids is 1. The number of nitrogens with zero attached hydrogens (tertiary/aromatic N) is 1. The first-order valence-electron chi connectivity index (χ1n) is 8.19. The molecule has 9 heteroatoms. The van der Waals surface area contributed by atoms with Crippen LogP contribution in [-0.2, 0) is 9.63 Å². The Morgan fingerprint density at radius 3 is 2.14 bits per heavy atom. The number of carbonyl (C=O) groups is 3. The lowest BCUT2D eigenvalue weighted by atomic mass is 10.1. The first-order chi connectivity index (χ1) is 13.2. The van der Waals surface area contributed by atoms with Gasteiger partial charge in [-0.1, -0.05) is 24.3 Å². The maximum absolute atomic E-state index is 11.9. The molecule has 4 rings (SSSR count). The number of hydrogen-bond acceptors (Lipinski definition) is 6. The van der Waals surface area contributed by atoms with Gasteiger partial charge in [0.15, 0.2) is 9.56 Å². The Hall–Kier alpha value is -2.88. The molecule has 144 valence electrons. The number of aliphatic carboxylic acids is 1. The number of aromatic nitrogens is 1. The van der Waals surface area contributed by atoms with Crippen molar-refractivity contribution >= 4 is 51.6 Å². The van der Waals surface area contributed by atoms with E-state index in [9.17, 15) is 14.4 Å². The van der Waals surface area contributed by atoms with E-state index in [0.717, 1.165) is 9.47 Å². The van der Waals surface area contributed by atoms with Gasteiger partial charge in [0.2, 0.25) is 0 Å². The van der Waals surface area contributed by atoms with Gasteiger partial charge in [-0.2, -0.15) is 0 Å². The quantitative estimate of drug-likeness (QED) is 0.494. The van der Waals surface area contributed by atoms with Crippen molar-refractivity contribution in [3.63, 3.8) is 0 Å². The van der Waals surface area contributed by atoms with Gasteiger partial charge in [-0.25, -0.2) is 9.63 Å². The zero-order valence-electron chi connectivity index (χ0n) is 15.0. The molecule has 2 amide bonds. The molecule has 0 aliphatic carbocycles. The van der Waals surface area contributed by atoms with Gasteiger partial charge in [0.25, 0.3) is 11.8 Å². The highest BCUT2D eigenvalue weighted by atomic mass is 32.1. The number of hydrogen-bond donors (Lipinski definition) is 2. The lowest BCUT2D eigenvalue weighted by molar-refractivity contribution is -0.198. The summed E-state index contributed by atoms with van der Waals surface area (Å²) in [7, 11) is 0. The molecule has 1 aliphatic rings. The molecule has 0 radical (unpaired) electrons. The zero-order valence-corrected chi connectivity index (χ0v) is 16.6. The van der Waals surface area contributed by atoms with Gasteiger partial charge in [0.1, 0.15) is 0 Å². The highest BCUT2D eigenvalue weighted by Gasteiger charge is 2.42. The van der Waals surface area contributed by atoms with Crippen molar-refractivity contribution in [2.24, 2.45) is 0 Å². The fraction of sp³-hybridized carbons (Fsp3) is 0.158. The first-order valence-corrected chi connectivity index (χ1v) is 9.41. The number of H-pyrrole nitrogens is 1. The summed E-state index contributed by atoms with van der Waals surface area (Å²) in [6.07, 6.45) is 0. The molecular formula is C19H16N2O5S2. The van der Waals surface area contributed by atoms with Crippen LogP contribution in [0.15, 0.2) is 48.5 Å². The standard InChI is InChI=1S/C12H11NO5.C7H5NS2/c1-12(2,11(16)17)18-13-9(14)7-5-3-4-6-8(7)10(13)15;9-7-8-5-3-1-2-4-6(5)10-7/h3-6H,1-2H3,(H,16,17);1-4H,(H,8,9). The average molecular weight is 416 g/mol. The van der Waals surface area contributed by atoms with Gasteiger partial charge in [-0.3, -0.25) is 9.59 Å². The minimum absolute atomic E-state index is 0.212. The zero-order chi connectivity index (χ0) is 20.5. The number of thiazole rings is 1. The van der Waals surface area contributed by atoms with Crippen LogP contribution in [0.1, 0.15) is 34.6 Å². The Morgan fingerprint density at radius 1 is 1.07 bits per heavy atom. The normalized spacial score (nSPS) is 13.3. The van der Waals surface area contributed by atoms with E-state index in [2.05, 4.69) is 11.1 Å². The van der Waals surface area contributed by atoms with Gasteiger partial charge in [0.05, 0.1) is 21.3 Å². The molecule has 2 N–H and O–H groups in total. The van der Waals surface area contributed by atoms with E-state index < -0.39 is 23.4 Å². The molecule has 2 aromatic carbocycles. The number of rotatable bonds is 3. The number of benzene rings is 2. The Morgan fingerprint density at radius 2 is 1.61 bits per heavy atom. The predicted octanol–water partition coefficient (Wildman–Crippen LogP) is 4.04. The van der Waals surface area contributed by atoms with Crippen LogP contribution in [0.2, 0.25) is 0 Å². The predicted molar refractivity (Wildman–Crippen MR) is 107 cm³/mol. The largest absolute Gasteiger partial charge is 0.479 e. The van der Waals surface area contributed by atoms with Crippen molar-refractivity contribution in [2.75, 3.05) is 0 Å². The summed E-state index contributed by atoms with van der Waals surface area (Å²) in [6.45, 7) is 2.53. The van der Waals surface area contributed by atoms with Crippen LogP contribution in [0, 0.1) is 3.95 Å². The van der Waals surface area contributed by atoms with Gasteiger partial charge in [-0.15, -0.1) is 16.4 Å². The van der Waals surface area contributed by atoms with E-state index in [1.807, 2.05) is 18.2 Å². The molecule has 0 saturated carbocycles. The number of hydroxylamine groups is 2. The summed E-state index contributed by atoms with van der Waals surface area (Å²) >= 11 is 6.59. The molecular weight excluding hydrogens is 400 g/mol. The second kappa shape index (κ2) is 7.63. The number of para-hydroxylation sites is 1. The van der Waals surface area contributed by atoms with Crippen LogP contribution in [0.5, 0.6) is 0 Å². The minimum Gasteiger partial charge on any atom is -0.479 e. The van der Waals surface area contributed by atoms with Gasteiger partial charge >= 0.3 is 5.97 Å². The number of imide groups is 1. The van der Waals surface area contributed by atoms with Crippen molar-refractivity contribution in [1.82, 2.24) is 10.0 Å². The molecule has 0 unspecified atom stereocenters. The third kappa shape index (κ3) is 3.86. The second-order valence-corrected chi connectivity index (χ2v) is 8.09. The van der Waals surface area contributed by atoms with Crippen molar-refractivity contribution in [2.45, 2.75) is 19.4 Å². The second-order valence-electron chi connectivity index (χ2n) is 6.37. The number of nitrogens with one attached hydrogen (secondary N) is 1. The van der Waals surface area contributed by atoms with E-state index >= 15 is 0 Å². The number of fused-ring (bicyclic) bond motifs is 2. The topological polar surface area (TPSA) is 99.7 Å². The lowest BCUT2D eigenvalue weighted by Crippen LogP contribution is -2.44. The molecule has 0 atom stereocenters. The highest BCUT2D eigenvalue weighted by Crippen LogP contribution is 2.25. The average Bonchev–Trinajstić information content (AvgIpc) is 3.15. The fourth-order valence-corrected chi connectivity index (χ4v) is 3.53. The van der Waals surface area contributed by atoms with Crippen LogP contribution >= 0.6 is 23.6 Å². The third-order valence-electron chi connectivity index (χ3n) is 3.92. The SMILES string of the molecule is CC(C)(ON1C(=O)c2ccccc2C1=O)C(=O)O.S=c1[nH]c2ccccc2s1. The van der Waals surface area contributed by atoms with Gasteiger partial charge in [0, 0.05) is 0 Å². The van der Waals surface area contributed by atoms with Crippen LogP contribution < -0.4 is 0 Å². The molecule has 3 aromatic rings. The number of carbonyl (C=O) groups excluding carboxylic acids is 2. The minimum atomic E-state index is -1.66. The number of carboxylic acid groups (broad SMARTS) is 1. The number of amides is 2. The lowest BCUT2D eigenvalue weighted by Gasteiger charge is -2.24. The number of aromatic amines is 1. The third-order valence-corrected chi connectivity index (χ3v) is 5.13.